The van der Waals surface area contributed by atoms with Crippen LogP contribution >= 0.6 is 0 Å². The lowest BCUT2D eigenvalue weighted by molar-refractivity contribution is -0.462. The zero-order valence-corrected chi connectivity index (χ0v) is 19.5. The lowest BCUT2D eigenvalue weighted by Crippen LogP contribution is -2.74. The first-order valence-electron chi connectivity index (χ1n) is 9.83. The zero-order valence-electron chi connectivity index (χ0n) is 18.7. The van der Waals surface area contributed by atoms with Gasteiger partial charge in [0, 0.05) is 5.56 Å². The van der Waals surface area contributed by atoms with Crippen LogP contribution < -0.4 is 0 Å². The largest absolute Gasteiger partial charge is 0.460 e. The number of hydrogen-bond donors (Lipinski definition) is 1. The summed E-state index contributed by atoms with van der Waals surface area (Å²) in [6.45, 7) is 0. The van der Waals surface area contributed by atoms with E-state index in [9.17, 15) is 83.1 Å². The topological polar surface area (TPSA) is 54.4 Å². The van der Waals surface area contributed by atoms with Crippen LogP contribution in [0.2, 0.25) is 0 Å². The van der Waals surface area contributed by atoms with Crippen molar-refractivity contribution in [2.75, 3.05) is 0 Å². The Morgan fingerprint density at radius 3 is 1.05 bits per heavy atom. The molecule has 0 aliphatic heterocycles. The van der Waals surface area contributed by atoms with E-state index in [1.165, 1.54) is 0 Å². The summed E-state index contributed by atoms with van der Waals surface area (Å²) in [6, 6.07) is 3.62. The molecule has 0 heterocycles. The maximum absolute atomic E-state index is 14.4. The monoisotopic (exact) mass is 652 g/mol. The summed E-state index contributed by atoms with van der Waals surface area (Å²) in [5.74, 6) is -57.2. The van der Waals surface area contributed by atoms with E-state index in [1.807, 2.05) is 0 Å². The van der Waals surface area contributed by atoms with Gasteiger partial charge in [0.1, 0.15) is 0 Å². The maximum atomic E-state index is 14.4. The second-order valence-corrected chi connectivity index (χ2v) is 9.52. The van der Waals surface area contributed by atoms with Crippen molar-refractivity contribution in [3.05, 3.63) is 54.1 Å². The van der Waals surface area contributed by atoms with Gasteiger partial charge in [-0.25, -0.2) is 0 Å². The molecule has 2 aromatic rings. The summed E-state index contributed by atoms with van der Waals surface area (Å²) in [5.41, 5.74) is -2.83. The number of halogens is 17. The molecule has 2 aromatic carbocycles. The molecule has 0 bridgehead atoms. The third-order valence-corrected chi connectivity index (χ3v) is 6.32. The SMILES string of the molecule is O=S(=O)(O)c1ccc(-c2ccc(C(F)(F)C(F)(F)C(F)(F)C(F)(F)C(F)(F)C(F)(F)C(F)(F)C(F)(F)F)cc2)cc1. The standard InChI is InChI=1S/C20H9F17O3S/c21-13(22,11-5-1-9(2-6-11)10-3-7-12(8-4-10)41(38,39)40)14(23,24)15(25,26)16(27,28)17(29,30)18(31,32)19(33,34)20(35,36)37/h1-8H,(H,38,39,40). The minimum Gasteiger partial charge on any atom is -0.282 e. The van der Waals surface area contributed by atoms with Crippen LogP contribution in [0.4, 0.5) is 74.6 Å². The molecule has 0 saturated carbocycles. The molecule has 0 amide bonds. The van der Waals surface area contributed by atoms with Crippen LogP contribution in [0.3, 0.4) is 0 Å². The third kappa shape index (κ3) is 4.97. The first-order valence-corrected chi connectivity index (χ1v) is 11.3. The molecule has 0 aliphatic rings. The number of alkyl halides is 17. The number of benzene rings is 2. The van der Waals surface area contributed by atoms with Crippen molar-refractivity contribution >= 4 is 10.1 Å². The van der Waals surface area contributed by atoms with Gasteiger partial charge in [-0.3, -0.25) is 4.55 Å². The average Bonchev–Trinajstić information content (AvgIpc) is 2.82. The van der Waals surface area contributed by atoms with Crippen LogP contribution in [0.15, 0.2) is 53.4 Å². The molecule has 0 unspecified atom stereocenters. The summed E-state index contributed by atoms with van der Waals surface area (Å²) >= 11 is 0. The van der Waals surface area contributed by atoms with Crippen LogP contribution in [0.25, 0.3) is 11.1 Å². The van der Waals surface area contributed by atoms with Gasteiger partial charge in [-0.15, -0.1) is 0 Å². The maximum Gasteiger partial charge on any atom is 0.460 e. The van der Waals surface area contributed by atoms with Crippen LogP contribution in [0.1, 0.15) is 5.56 Å². The fourth-order valence-electron chi connectivity index (χ4n) is 3.04. The van der Waals surface area contributed by atoms with Gasteiger partial charge in [-0.2, -0.15) is 83.1 Å². The summed E-state index contributed by atoms with van der Waals surface area (Å²) < 4.78 is 259. The summed E-state index contributed by atoms with van der Waals surface area (Å²) in [4.78, 5) is -0.692. The van der Waals surface area contributed by atoms with Crippen molar-refractivity contribution in [2.45, 2.75) is 52.5 Å². The molecule has 41 heavy (non-hydrogen) atoms. The van der Waals surface area contributed by atoms with Crippen LogP contribution in [0.5, 0.6) is 0 Å². The number of hydrogen-bond acceptors (Lipinski definition) is 2. The molecule has 0 fully saturated rings. The lowest BCUT2D eigenvalue weighted by atomic mass is 9.87. The lowest BCUT2D eigenvalue weighted by Gasteiger charge is -2.42. The molecule has 0 aromatic heterocycles. The molecule has 0 spiro atoms. The van der Waals surface area contributed by atoms with E-state index in [0.29, 0.717) is 12.1 Å². The molecule has 0 atom stereocenters. The minimum atomic E-state index is -8.71. The van der Waals surface area contributed by atoms with Crippen molar-refractivity contribution in [2.24, 2.45) is 0 Å². The Morgan fingerprint density at radius 2 is 0.732 bits per heavy atom. The Kier molecular flexibility index (Phi) is 8.04. The Labute approximate surface area is 216 Å². The van der Waals surface area contributed by atoms with E-state index < -0.39 is 68.2 Å². The fourth-order valence-corrected chi connectivity index (χ4v) is 3.52. The summed E-state index contributed by atoms with van der Waals surface area (Å²) in [5, 5.41) is 0. The molecule has 232 valence electrons. The highest BCUT2D eigenvalue weighted by atomic mass is 32.2. The number of rotatable bonds is 9. The van der Waals surface area contributed by atoms with Gasteiger partial charge in [0.05, 0.1) is 4.90 Å². The predicted molar refractivity (Wildman–Crippen MR) is 101 cm³/mol. The molecule has 1 N–H and O–H groups in total. The Balaban J connectivity index is 2.56. The quantitative estimate of drug-likeness (QED) is 0.220. The van der Waals surface area contributed by atoms with Gasteiger partial charge in [0.2, 0.25) is 0 Å². The predicted octanol–water partition coefficient (Wildman–Crippen LogP) is 8.07. The van der Waals surface area contributed by atoms with Gasteiger partial charge in [0.25, 0.3) is 10.1 Å². The molecule has 3 nitrogen and oxygen atoms in total. The van der Waals surface area contributed by atoms with E-state index in [1.54, 1.807) is 0 Å². The Bertz CT molecular complexity index is 1360. The fraction of sp³-hybridized carbons (Fsp3) is 0.400. The Hall–Kier alpha value is -2.84. The van der Waals surface area contributed by atoms with Crippen molar-refractivity contribution in [3.63, 3.8) is 0 Å². The van der Waals surface area contributed by atoms with Crippen molar-refractivity contribution in [1.82, 2.24) is 0 Å². The smallest absolute Gasteiger partial charge is 0.282 e. The van der Waals surface area contributed by atoms with E-state index >= 15 is 0 Å². The molecule has 0 aliphatic carbocycles. The highest BCUT2D eigenvalue weighted by molar-refractivity contribution is 7.85. The molecule has 0 saturated heterocycles. The Morgan fingerprint density at radius 1 is 0.439 bits per heavy atom. The second-order valence-electron chi connectivity index (χ2n) is 8.10. The zero-order chi connectivity index (χ0) is 32.5. The van der Waals surface area contributed by atoms with E-state index in [2.05, 4.69) is 0 Å². The van der Waals surface area contributed by atoms with Gasteiger partial charge in [-0.1, -0.05) is 36.4 Å². The van der Waals surface area contributed by atoms with Crippen molar-refractivity contribution in [3.8, 4) is 11.1 Å². The molecule has 0 radical (unpaired) electrons. The van der Waals surface area contributed by atoms with E-state index in [0.717, 1.165) is 24.3 Å². The highest BCUT2D eigenvalue weighted by Crippen LogP contribution is 2.65. The van der Waals surface area contributed by atoms with Gasteiger partial charge < -0.3 is 0 Å². The first-order chi connectivity index (χ1) is 17.9. The van der Waals surface area contributed by atoms with Crippen molar-refractivity contribution in [1.29, 1.82) is 0 Å². The summed E-state index contributed by atoms with van der Waals surface area (Å²) in [7, 11) is -4.72. The van der Waals surface area contributed by atoms with Crippen LogP contribution in [-0.2, 0) is 16.0 Å². The first kappa shape index (κ1) is 34.4. The molecule has 21 heteroatoms. The normalized spacial score (nSPS) is 15.3. The second kappa shape index (κ2) is 9.60. The molecule has 2 rings (SSSR count). The van der Waals surface area contributed by atoms with Crippen molar-refractivity contribution < 1.29 is 87.6 Å². The summed E-state index contributed by atoms with van der Waals surface area (Å²) in [6.07, 6.45) is -7.83. The molecular formula is C20H9F17O3S. The van der Waals surface area contributed by atoms with Gasteiger partial charge >= 0.3 is 47.6 Å². The average molecular weight is 652 g/mol. The minimum absolute atomic E-state index is 0.136. The third-order valence-electron chi connectivity index (χ3n) is 5.46. The molecular weight excluding hydrogens is 643 g/mol. The van der Waals surface area contributed by atoms with E-state index in [-0.39, 0.29) is 23.3 Å². The van der Waals surface area contributed by atoms with Gasteiger partial charge in [-0.05, 0) is 23.3 Å². The van der Waals surface area contributed by atoms with Crippen LogP contribution in [-0.4, -0.2) is 54.7 Å². The van der Waals surface area contributed by atoms with Gasteiger partial charge in [0.15, 0.2) is 0 Å². The van der Waals surface area contributed by atoms with Crippen LogP contribution in [0, 0.1) is 0 Å². The highest BCUT2D eigenvalue weighted by Gasteiger charge is 2.95. The van der Waals surface area contributed by atoms with E-state index in [4.69, 9.17) is 4.55 Å².